The second-order valence-electron chi connectivity index (χ2n) is 8.45. The van der Waals surface area contributed by atoms with Gasteiger partial charge in [-0.3, -0.25) is 14.4 Å². The van der Waals surface area contributed by atoms with Crippen LogP contribution in [0.1, 0.15) is 32.4 Å². The molecule has 0 aliphatic carbocycles. The summed E-state index contributed by atoms with van der Waals surface area (Å²) in [5.74, 6) is -4.20. The predicted molar refractivity (Wildman–Crippen MR) is 124 cm³/mol. The van der Waals surface area contributed by atoms with Gasteiger partial charge in [0, 0.05) is 11.1 Å². The predicted octanol–water partition coefficient (Wildman–Crippen LogP) is 1.57. The Morgan fingerprint density at radius 2 is 1.17 bits per heavy atom. The molecule has 4 N–H and O–H groups in total. The first-order valence-electron chi connectivity index (χ1n) is 11.0. The second-order valence-corrected chi connectivity index (χ2v) is 8.45. The number of carbonyl (C=O) groups excluding carboxylic acids is 3. The molecular formula is C27H23FO8. The largest absolute Gasteiger partial charge is 0.380 e. The molecule has 1 aliphatic rings. The number of rotatable bonds is 7. The average molecular weight is 494 g/mol. The van der Waals surface area contributed by atoms with Crippen molar-refractivity contribution >= 4 is 17.3 Å². The highest BCUT2D eigenvalue weighted by Gasteiger charge is 2.73. The van der Waals surface area contributed by atoms with E-state index in [-0.39, 0.29) is 16.7 Å². The van der Waals surface area contributed by atoms with Crippen LogP contribution in [0.15, 0.2) is 91.0 Å². The van der Waals surface area contributed by atoms with Crippen LogP contribution in [0.4, 0.5) is 4.39 Å². The molecule has 186 valence electrons. The van der Waals surface area contributed by atoms with E-state index in [0.29, 0.717) is 0 Å². The Bertz CT molecular complexity index is 1250. The maximum atomic E-state index is 16.2. The van der Waals surface area contributed by atoms with E-state index in [9.17, 15) is 34.8 Å². The molecular weight excluding hydrogens is 471 g/mol. The van der Waals surface area contributed by atoms with Crippen molar-refractivity contribution in [2.45, 2.75) is 35.9 Å². The van der Waals surface area contributed by atoms with Crippen molar-refractivity contribution in [2.24, 2.45) is 0 Å². The summed E-state index contributed by atoms with van der Waals surface area (Å²) in [4.78, 5) is 39.9. The topological polar surface area (TPSA) is 141 Å². The van der Waals surface area contributed by atoms with Crippen LogP contribution in [-0.4, -0.2) is 67.5 Å². The zero-order valence-corrected chi connectivity index (χ0v) is 18.8. The molecule has 0 amide bonds. The van der Waals surface area contributed by atoms with Gasteiger partial charge in [-0.05, 0) is 5.56 Å². The SMILES string of the molecule is O=C(C(O)c1ccccc1)[C@H]1O[C@H](O)[C@@](O)(C(=O)c2ccccc2)[C@](O)(C(=O)c2ccccc2)[C@@H]1F. The average Bonchev–Trinajstić information content (AvgIpc) is 2.93. The molecule has 1 heterocycles. The Balaban J connectivity index is 1.83. The highest BCUT2D eigenvalue weighted by atomic mass is 19.1. The molecule has 3 aromatic carbocycles. The third kappa shape index (κ3) is 3.97. The van der Waals surface area contributed by atoms with Crippen LogP contribution < -0.4 is 0 Å². The van der Waals surface area contributed by atoms with Crippen molar-refractivity contribution in [1.29, 1.82) is 0 Å². The van der Waals surface area contributed by atoms with Gasteiger partial charge in [0.05, 0.1) is 0 Å². The van der Waals surface area contributed by atoms with Gasteiger partial charge in [0.25, 0.3) is 0 Å². The van der Waals surface area contributed by atoms with E-state index in [2.05, 4.69) is 0 Å². The number of Topliss-reactive ketones (excluding diaryl/α,β-unsaturated/α-hetero) is 3. The number of ether oxygens (including phenoxy) is 1. The van der Waals surface area contributed by atoms with Gasteiger partial charge in [0.2, 0.25) is 22.8 Å². The number of benzene rings is 3. The molecule has 1 fully saturated rings. The molecule has 9 heteroatoms. The summed E-state index contributed by atoms with van der Waals surface area (Å²) in [6, 6.07) is 21.0. The fourth-order valence-electron chi connectivity index (χ4n) is 4.29. The second kappa shape index (κ2) is 9.81. The van der Waals surface area contributed by atoms with Crippen molar-refractivity contribution in [1.82, 2.24) is 0 Å². The van der Waals surface area contributed by atoms with Crippen molar-refractivity contribution in [3.8, 4) is 0 Å². The summed E-state index contributed by atoms with van der Waals surface area (Å²) in [6.07, 6.45) is -10.1. The molecule has 0 bridgehead atoms. The van der Waals surface area contributed by atoms with Crippen LogP contribution in [-0.2, 0) is 9.53 Å². The Labute approximate surface area is 205 Å². The Kier molecular flexibility index (Phi) is 6.94. The summed E-state index contributed by atoms with van der Waals surface area (Å²) in [5.41, 5.74) is -7.72. The molecule has 8 nitrogen and oxygen atoms in total. The van der Waals surface area contributed by atoms with Crippen molar-refractivity contribution in [3.05, 3.63) is 108 Å². The van der Waals surface area contributed by atoms with Gasteiger partial charge >= 0.3 is 0 Å². The molecule has 1 unspecified atom stereocenters. The van der Waals surface area contributed by atoms with Gasteiger partial charge in [0.1, 0.15) is 6.10 Å². The van der Waals surface area contributed by atoms with Crippen LogP contribution >= 0.6 is 0 Å². The standard InChI is InChI=1S/C27H23FO8/c28-22-21(20(30)19(29)16-10-4-1-5-11-16)36-25(33)27(35,24(32)18-14-8-3-9-15-18)26(22,34)23(31)17-12-6-2-7-13-17/h1-15,19,21-22,25,29,33-35H/t19?,21-,22-,25+,26-,27+/m1/s1. The van der Waals surface area contributed by atoms with Crippen LogP contribution in [0.2, 0.25) is 0 Å². The molecule has 6 atom stereocenters. The number of ketones is 3. The van der Waals surface area contributed by atoms with Gasteiger partial charge in [0.15, 0.2) is 24.3 Å². The van der Waals surface area contributed by atoms with E-state index in [1.165, 1.54) is 78.9 Å². The molecule has 4 rings (SSSR count). The number of hydrogen-bond acceptors (Lipinski definition) is 8. The van der Waals surface area contributed by atoms with Crippen LogP contribution in [0.3, 0.4) is 0 Å². The number of alkyl halides is 1. The first kappa shape index (κ1) is 25.5. The number of aliphatic hydroxyl groups is 4. The molecule has 0 radical (unpaired) electrons. The Hall–Kier alpha value is -3.60. The normalized spacial score (nSPS) is 28.8. The fraction of sp³-hybridized carbons (Fsp3) is 0.222. The maximum Gasteiger partial charge on any atom is 0.218 e. The van der Waals surface area contributed by atoms with E-state index in [1.807, 2.05) is 0 Å². The van der Waals surface area contributed by atoms with E-state index in [1.54, 1.807) is 12.1 Å². The zero-order valence-electron chi connectivity index (χ0n) is 18.8. The van der Waals surface area contributed by atoms with Crippen molar-refractivity contribution in [2.75, 3.05) is 0 Å². The fourth-order valence-corrected chi connectivity index (χ4v) is 4.29. The molecule has 3 aromatic rings. The van der Waals surface area contributed by atoms with Crippen LogP contribution in [0.5, 0.6) is 0 Å². The lowest BCUT2D eigenvalue weighted by atomic mass is 9.66. The van der Waals surface area contributed by atoms with E-state index in [0.717, 1.165) is 0 Å². The Morgan fingerprint density at radius 3 is 1.64 bits per heavy atom. The quantitative estimate of drug-likeness (QED) is 0.363. The molecule has 1 aliphatic heterocycles. The molecule has 0 aromatic heterocycles. The van der Waals surface area contributed by atoms with Crippen LogP contribution in [0, 0.1) is 0 Å². The Morgan fingerprint density at radius 1 is 0.750 bits per heavy atom. The summed E-state index contributed by atoms with van der Waals surface area (Å²) >= 11 is 0. The first-order valence-corrected chi connectivity index (χ1v) is 11.0. The van der Waals surface area contributed by atoms with Gasteiger partial charge in [-0.25, -0.2) is 4.39 Å². The van der Waals surface area contributed by atoms with Gasteiger partial charge in [-0.2, -0.15) is 0 Å². The lowest BCUT2D eigenvalue weighted by molar-refractivity contribution is -0.311. The van der Waals surface area contributed by atoms with E-state index < -0.39 is 53.2 Å². The minimum absolute atomic E-state index is 0.0620. The monoisotopic (exact) mass is 494 g/mol. The highest BCUT2D eigenvalue weighted by molar-refractivity contribution is 6.13. The first-order chi connectivity index (χ1) is 17.1. The highest BCUT2D eigenvalue weighted by Crippen LogP contribution is 2.44. The van der Waals surface area contributed by atoms with Gasteiger partial charge in [-0.15, -0.1) is 0 Å². The lowest BCUT2D eigenvalue weighted by Crippen LogP contribution is -2.79. The van der Waals surface area contributed by atoms with E-state index in [4.69, 9.17) is 4.74 Å². The van der Waals surface area contributed by atoms with E-state index >= 15 is 4.39 Å². The van der Waals surface area contributed by atoms with Gasteiger partial charge < -0.3 is 25.2 Å². The summed E-state index contributed by atoms with van der Waals surface area (Å²) in [7, 11) is 0. The molecule has 1 saturated heterocycles. The summed E-state index contributed by atoms with van der Waals surface area (Å²) in [5, 5.41) is 44.3. The molecule has 36 heavy (non-hydrogen) atoms. The minimum atomic E-state index is -3.67. The molecule has 0 spiro atoms. The third-order valence-corrected chi connectivity index (χ3v) is 6.31. The number of hydrogen-bond donors (Lipinski definition) is 4. The number of aliphatic hydroxyl groups excluding tert-OH is 2. The number of halogens is 1. The summed E-state index contributed by atoms with van der Waals surface area (Å²) < 4.78 is 21.2. The zero-order chi connectivity index (χ0) is 26.1. The van der Waals surface area contributed by atoms with Crippen molar-refractivity contribution < 1.29 is 43.9 Å². The lowest BCUT2D eigenvalue weighted by Gasteiger charge is -2.50. The van der Waals surface area contributed by atoms with Crippen LogP contribution in [0.25, 0.3) is 0 Å². The third-order valence-electron chi connectivity index (χ3n) is 6.31. The minimum Gasteiger partial charge on any atom is -0.380 e. The molecule has 0 saturated carbocycles. The van der Waals surface area contributed by atoms with Gasteiger partial charge in [-0.1, -0.05) is 91.0 Å². The maximum absolute atomic E-state index is 16.2. The van der Waals surface area contributed by atoms with Crippen molar-refractivity contribution in [3.63, 3.8) is 0 Å². The smallest absolute Gasteiger partial charge is 0.218 e. The summed E-state index contributed by atoms with van der Waals surface area (Å²) in [6.45, 7) is 0. The number of carbonyl (C=O) groups is 3.